The molecule has 0 fully saturated rings. The van der Waals surface area contributed by atoms with Crippen LogP contribution in [0.15, 0.2) is 52.3 Å². The number of hydrogen-bond acceptors (Lipinski definition) is 3. The van der Waals surface area contributed by atoms with Crippen LogP contribution in [-0.2, 0) is 0 Å². The van der Waals surface area contributed by atoms with Crippen molar-refractivity contribution >= 4 is 14.5 Å². The van der Waals surface area contributed by atoms with Gasteiger partial charge < -0.3 is 8.84 Å². The van der Waals surface area contributed by atoms with Crippen molar-refractivity contribution in [2.45, 2.75) is 32.6 Å². The number of aliphatic imine (C=N–C) groups is 1. The predicted molar refractivity (Wildman–Crippen MR) is 85.1 cm³/mol. The highest BCUT2D eigenvalue weighted by Gasteiger charge is 2.19. The molecule has 1 aromatic carbocycles. The molecule has 0 N–H and O–H groups in total. The molecule has 3 nitrogen and oxygen atoms in total. The second-order valence-corrected chi connectivity index (χ2v) is 10.2. The minimum Gasteiger partial charge on any atom is -0.544 e. The molecule has 20 heavy (non-hydrogen) atoms. The first-order valence-electron chi connectivity index (χ1n) is 6.79. The van der Waals surface area contributed by atoms with Crippen molar-refractivity contribution < 1.29 is 8.84 Å². The molecule has 2 rings (SSSR count). The van der Waals surface area contributed by atoms with Gasteiger partial charge in [0.05, 0.1) is 18.6 Å². The van der Waals surface area contributed by atoms with Crippen LogP contribution >= 0.6 is 0 Å². The zero-order chi connectivity index (χ0) is 14.6. The van der Waals surface area contributed by atoms with Crippen LogP contribution in [0.1, 0.15) is 24.1 Å². The lowest BCUT2D eigenvalue weighted by Crippen LogP contribution is -2.29. The van der Waals surface area contributed by atoms with Gasteiger partial charge in [0.1, 0.15) is 5.75 Å². The monoisotopic (exact) mass is 287 g/mol. The highest BCUT2D eigenvalue weighted by atomic mass is 28.4. The van der Waals surface area contributed by atoms with Crippen molar-refractivity contribution in [3.8, 4) is 5.75 Å². The minimum atomic E-state index is -1.62. The van der Waals surface area contributed by atoms with E-state index in [-0.39, 0.29) is 6.04 Å². The molecule has 1 unspecified atom stereocenters. The van der Waals surface area contributed by atoms with Gasteiger partial charge in [-0.1, -0.05) is 18.2 Å². The molecule has 0 saturated carbocycles. The molecule has 2 aromatic rings. The van der Waals surface area contributed by atoms with E-state index in [0.29, 0.717) is 0 Å². The SMILES string of the molecule is CC(/N=C/c1ccoc1)c1ccccc1O[Si](C)(C)C. The maximum absolute atomic E-state index is 6.14. The fraction of sp³-hybridized carbons (Fsp3) is 0.312. The number of nitrogens with zero attached hydrogens (tertiary/aromatic N) is 1. The topological polar surface area (TPSA) is 34.7 Å². The Bertz CT molecular complexity index is 570. The fourth-order valence-electron chi connectivity index (χ4n) is 1.88. The van der Waals surface area contributed by atoms with E-state index in [1.165, 1.54) is 0 Å². The Morgan fingerprint density at radius 3 is 2.60 bits per heavy atom. The minimum absolute atomic E-state index is 0.0532. The molecular weight excluding hydrogens is 266 g/mol. The summed E-state index contributed by atoms with van der Waals surface area (Å²) < 4.78 is 11.2. The number of furan rings is 1. The van der Waals surface area contributed by atoms with Gasteiger partial charge in [-0.15, -0.1) is 0 Å². The smallest absolute Gasteiger partial charge is 0.242 e. The Hall–Kier alpha value is -1.81. The van der Waals surface area contributed by atoms with Crippen LogP contribution in [0.3, 0.4) is 0 Å². The van der Waals surface area contributed by atoms with Crippen molar-refractivity contribution in [3.63, 3.8) is 0 Å². The quantitative estimate of drug-likeness (QED) is 0.591. The Morgan fingerprint density at radius 2 is 1.95 bits per heavy atom. The summed E-state index contributed by atoms with van der Waals surface area (Å²) in [4.78, 5) is 4.58. The summed E-state index contributed by atoms with van der Waals surface area (Å²) in [5.74, 6) is 0.948. The van der Waals surface area contributed by atoms with E-state index < -0.39 is 8.32 Å². The molecule has 0 saturated heterocycles. The molecule has 0 aliphatic rings. The number of para-hydroxylation sites is 1. The summed E-state index contributed by atoms with van der Waals surface area (Å²) in [6.45, 7) is 8.62. The first-order chi connectivity index (χ1) is 9.46. The van der Waals surface area contributed by atoms with E-state index in [0.717, 1.165) is 16.9 Å². The van der Waals surface area contributed by atoms with Crippen LogP contribution in [0.25, 0.3) is 0 Å². The van der Waals surface area contributed by atoms with E-state index in [9.17, 15) is 0 Å². The first kappa shape index (κ1) is 14.6. The summed E-state index contributed by atoms with van der Waals surface area (Å²) in [5, 5.41) is 0. The van der Waals surface area contributed by atoms with Crippen LogP contribution < -0.4 is 4.43 Å². The Kier molecular flexibility index (Phi) is 4.45. The van der Waals surface area contributed by atoms with Gasteiger partial charge in [-0.25, -0.2) is 0 Å². The van der Waals surface area contributed by atoms with Crippen LogP contribution in [0, 0.1) is 0 Å². The Labute approximate surface area is 121 Å². The van der Waals surface area contributed by atoms with E-state index in [1.54, 1.807) is 12.5 Å². The molecule has 1 aromatic heterocycles. The second-order valence-electron chi connectivity index (χ2n) is 5.76. The summed E-state index contributed by atoms with van der Waals surface area (Å²) in [6.07, 6.45) is 5.16. The maximum Gasteiger partial charge on any atom is 0.242 e. The maximum atomic E-state index is 6.14. The average molecular weight is 287 g/mol. The molecule has 106 valence electrons. The standard InChI is InChI=1S/C16H21NO2Si/c1-13(17-11-14-9-10-18-12-14)15-7-5-6-8-16(15)19-20(2,3)4/h5-13H,1-4H3/b17-11+. The van der Waals surface area contributed by atoms with Crippen molar-refractivity contribution in [2.24, 2.45) is 4.99 Å². The third kappa shape index (κ3) is 4.10. The molecule has 0 bridgehead atoms. The van der Waals surface area contributed by atoms with E-state index >= 15 is 0 Å². The van der Waals surface area contributed by atoms with Gasteiger partial charge in [0.15, 0.2) is 0 Å². The van der Waals surface area contributed by atoms with E-state index in [1.807, 2.05) is 30.5 Å². The van der Waals surface area contributed by atoms with E-state index in [2.05, 4.69) is 37.6 Å². The van der Waals surface area contributed by atoms with Gasteiger partial charge in [-0.3, -0.25) is 4.99 Å². The first-order valence-corrected chi connectivity index (χ1v) is 10.2. The zero-order valence-electron chi connectivity index (χ0n) is 12.5. The van der Waals surface area contributed by atoms with Crippen molar-refractivity contribution in [2.75, 3.05) is 0 Å². The summed E-state index contributed by atoms with van der Waals surface area (Å²) in [7, 11) is -1.62. The van der Waals surface area contributed by atoms with Crippen LogP contribution in [-0.4, -0.2) is 14.5 Å². The second kappa shape index (κ2) is 6.09. The van der Waals surface area contributed by atoms with Gasteiger partial charge >= 0.3 is 0 Å². The predicted octanol–water partition coefficient (Wildman–Crippen LogP) is 4.67. The van der Waals surface area contributed by atoms with Crippen LogP contribution in [0.5, 0.6) is 5.75 Å². The van der Waals surface area contributed by atoms with Crippen molar-refractivity contribution in [1.29, 1.82) is 0 Å². The number of benzene rings is 1. The number of hydrogen-bond donors (Lipinski definition) is 0. The van der Waals surface area contributed by atoms with Crippen LogP contribution in [0.4, 0.5) is 0 Å². The van der Waals surface area contributed by atoms with Crippen molar-refractivity contribution in [1.82, 2.24) is 0 Å². The third-order valence-corrected chi connectivity index (χ3v) is 3.61. The molecule has 1 heterocycles. The van der Waals surface area contributed by atoms with E-state index in [4.69, 9.17) is 8.84 Å². The van der Waals surface area contributed by atoms with Gasteiger partial charge in [-0.05, 0) is 38.7 Å². The summed E-state index contributed by atoms with van der Waals surface area (Å²) >= 11 is 0. The Morgan fingerprint density at radius 1 is 1.20 bits per heavy atom. The third-order valence-electron chi connectivity index (χ3n) is 2.78. The molecule has 1 atom stereocenters. The highest BCUT2D eigenvalue weighted by Crippen LogP contribution is 2.29. The molecule has 0 radical (unpaired) electrons. The van der Waals surface area contributed by atoms with Gasteiger partial charge in [-0.2, -0.15) is 0 Å². The lowest BCUT2D eigenvalue weighted by molar-refractivity contribution is 0.543. The molecule has 0 aliphatic carbocycles. The van der Waals surface area contributed by atoms with Gasteiger partial charge in [0.25, 0.3) is 0 Å². The molecule has 0 spiro atoms. The number of rotatable bonds is 5. The van der Waals surface area contributed by atoms with Crippen LogP contribution in [0.2, 0.25) is 19.6 Å². The summed E-state index contributed by atoms with van der Waals surface area (Å²) in [6, 6.07) is 10.1. The highest BCUT2D eigenvalue weighted by molar-refractivity contribution is 6.70. The van der Waals surface area contributed by atoms with Gasteiger partial charge in [0.2, 0.25) is 8.32 Å². The Balaban J connectivity index is 2.19. The lowest BCUT2D eigenvalue weighted by Gasteiger charge is -2.22. The lowest BCUT2D eigenvalue weighted by atomic mass is 10.1. The van der Waals surface area contributed by atoms with Gasteiger partial charge in [0, 0.05) is 17.3 Å². The average Bonchev–Trinajstić information content (AvgIpc) is 2.88. The fourth-order valence-corrected chi connectivity index (χ4v) is 2.72. The molecule has 0 amide bonds. The van der Waals surface area contributed by atoms with Crippen molar-refractivity contribution in [3.05, 3.63) is 54.0 Å². The molecule has 4 heteroatoms. The normalized spacial score (nSPS) is 13.6. The molecule has 0 aliphatic heterocycles. The molecular formula is C16H21NO2Si. The zero-order valence-corrected chi connectivity index (χ0v) is 13.5. The summed E-state index contributed by atoms with van der Waals surface area (Å²) in [5.41, 5.74) is 2.09. The largest absolute Gasteiger partial charge is 0.544 e.